The van der Waals surface area contributed by atoms with Gasteiger partial charge in [0.1, 0.15) is 0 Å². The van der Waals surface area contributed by atoms with Crippen LogP contribution in [0.4, 0.5) is 0 Å². The maximum atomic E-state index is 11.5. The van der Waals surface area contributed by atoms with Crippen molar-refractivity contribution in [3.05, 3.63) is 42.0 Å². The quantitative estimate of drug-likeness (QED) is 0.542. The topological polar surface area (TPSA) is 47.6 Å². The SMILES string of the molecule is CC(C)CNC(=O)/C=C/CCCC/C=C/c1ccc2c(c1)OCO2. The minimum Gasteiger partial charge on any atom is -0.454 e. The molecule has 0 unspecified atom stereocenters. The van der Waals surface area contributed by atoms with Crippen molar-refractivity contribution in [3.63, 3.8) is 0 Å². The monoisotopic (exact) mass is 329 g/mol. The number of amides is 1. The average molecular weight is 329 g/mol. The molecule has 0 spiro atoms. The summed E-state index contributed by atoms with van der Waals surface area (Å²) < 4.78 is 10.7. The predicted molar refractivity (Wildman–Crippen MR) is 97.1 cm³/mol. The van der Waals surface area contributed by atoms with Gasteiger partial charge in [0.05, 0.1) is 0 Å². The first-order chi connectivity index (χ1) is 11.6. The maximum Gasteiger partial charge on any atom is 0.243 e. The van der Waals surface area contributed by atoms with Gasteiger partial charge in [0.15, 0.2) is 11.5 Å². The van der Waals surface area contributed by atoms with Gasteiger partial charge in [-0.1, -0.05) is 38.1 Å². The number of hydrogen-bond acceptors (Lipinski definition) is 3. The molecule has 2 rings (SSSR count). The molecule has 0 radical (unpaired) electrons. The molecule has 1 aliphatic heterocycles. The number of hydrogen-bond donors (Lipinski definition) is 1. The molecule has 1 heterocycles. The van der Waals surface area contributed by atoms with E-state index >= 15 is 0 Å². The lowest BCUT2D eigenvalue weighted by Crippen LogP contribution is -2.25. The number of carbonyl (C=O) groups is 1. The number of fused-ring (bicyclic) bond motifs is 1. The Morgan fingerprint density at radius 1 is 1.17 bits per heavy atom. The Morgan fingerprint density at radius 2 is 1.92 bits per heavy atom. The van der Waals surface area contributed by atoms with Crippen molar-refractivity contribution >= 4 is 12.0 Å². The van der Waals surface area contributed by atoms with Crippen LogP contribution in [0.2, 0.25) is 0 Å². The lowest BCUT2D eigenvalue weighted by molar-refractivity contribution is -0.116. The zero-order chi connectivity index (χ0) is 17.2. The zero-order valence-electron chi connectivity index (χ0n) is 14.6. The highest BCUT2D eigenvalue weighted by Crippen LogP contribution is 2.32. The number of nitrogens with one attached hydrogen (secondary N) is 1. The second kappa shape index (κ2) is 9.81. The molecule has 130 valence electrons. The van der Waals surface area contributed by atoms with Gasteiger partial charge < -0.3 is 14.8 Å². The van der Waals surface area contributed by atoms with Gasteiger partial charge in [-0.3, -0.25) is 4.79 Å². The van der Waals surface area contributed by atoms with E-state index < -0.39 is 0 Å². The lowest BCUT2D eigenvalue weighted by atomic mass is 10.1. The molecule has 1 aromatic carbocycles. The summed E-state index contributed by atoms with van der Waals surface area (Å²) in [6.45, 7) is 5.21. The van der Waals surface area contributed by atoms with Crippen molar-refractivity contribution in [2.45, 2.75) is 39.5 Å². The van der Waals surface area contributed by atoms with Gasteiger partial charge in [0.25, 0.3) is 0 Å². The van der Waals surface area contributed by atoms with E-state index in [1.165, 1.54) is 0 Å². The molecule has 0 fully saturated rings. The van der Waals surface area contributed by atoms with Crippen molar-refractivity contribution in [3.8, 4) is 11.5 Å². The van der Waals surface area contributed by atoms with Crippen molar-refractivity contribution in [1.29, 1.82) is 0 Å². The second-order valence-corrected chi connectivity index (χ2v) is 6.34. The second-order valence-electron chi connectivity index (χ2n) is 6.34. The maximum absolute atomic E-state index is 11.5. The third-order valence-corrected chi connectivity index (χ3v) is 3.65. The molecule has 1 aromatic rings. The molecule has 1 N–H and O–H groups in total. The van der Waals surface area contributed by atoms with Crippen LogP contribution in [0.1, 0.15) is 45.1 Å². The summed E-state index contributed by atoms with van der Waals surface area (Å²) in [5.74, 6) is 2.12. The number of unbranched alkanes of at least 4 members (excludes halogenated alkanes) is 3. The zero-order valence-corrected chi connectivity index (χ0v) is 14.6. The van der Waals surface area contributed by atoms with E-state index in [1.54, 1.807) is 6.08 Å². The summed E-state index contributed by atoms with van der Waals surface area (Å²) in [6.07, 6.45) is 12.0. The van der Waals surface area contributed by atoms with Gasteiger partial charge in [0.2, 0.25) is 12.7 Å². The summed E-state index contributed by atoms with van der Waals surface area (Å²) in [7, 11) is 0. The van der Waals surface area contributed by atoms with E-state index in [2.05, 4.69) is 31.3 Å². The average Bonchev–Trinajstić information content (AvgIpc) is 3.03. The summed E-state index contributed by atoms with van der Waals surface area (Å²) in [6, 6.07) is 5.97. The summed E-state index contributed by atoms with van der Waals surface area (Å²) >= 11 is 0. The van der Waals surface area contributed by atoms with Crippen LogP contribution in [0.15, 0.2) is 36.4 Å². The Labute approximate surface area is 144 Å². The first-order valence-corrected chi connectivity index (χ1v) is 8.65. The Hall–Kier alpha value is -2.23. The molecule has 0 bridgehead atoms. The fraction of sp³-hybridized carbons (Fsp3) is 0.450. The van der Waals surface area contributed by atoms with Crippen LogP contribution in [0, 0.1) is 5.92 Å². The Balaban J connectivity index is 1.57. The largest absolute Gasteiger partial charge is 0.454 e. The normalized spacial score (nSPS) is 13.3. The van der Waals surface area contributed by atoms with E-state index in [0.717, 1.165) is 49.3 Å². The highest BCUT2D eigenvalue weighted by molar-refractivity contribution is 5.87. The molecule has 0 atom stereocenters. The van der Waals surface area contributed by atoms with Crippen LogP contribution < -0.4 is 14.8 Å². The van der Waals surface area contributed by atoms with Crippen molar-refractivity contribution in [2.75, 3.05) is 13.3 Å². The van der Waals surface area contributed by atoms with Crippen molar-refractivity contribution in [1.82, 2.24) is 5.32 Å². The lowest BCUT2D eigenvalue weighted by Gasteiger charge is -2.04. The van der Waals surface area contributed by atoms with Crippen LogP contribution in [-0.4, -0.2) is 19.2 Å². The van der Waals surface area contributed by atoms with Gasteiger partial charge in [-0.25, -0.2) is 0 Å². The number of benzene rings is 1. The van der Waals surface area contributed by atoms with Crippen molar-refractivity contribution < 1.29 is 14.3 Å². The van der Waals surface area contributed by atoms with E-state index in [9.17, 15) is 4.79 Å². The van der Waals surface area contributed by atoms with Gasteiger partial charge >= 0.3 is 0 Å². The van der Waals surface area contributed by atoms with E-state index in [1.807, 2.05) is 24.3 Å². The Bertz CT molecular complexity index is 591. The molecule has 0 aliphatic carbocycles. The minimum absolute atomic E-state index is 0.00593. The Kier molecular flexibility index (Phi) is 7.40. The van der Waals surface area contributed by atoms with Gasteiger partial charge in [-0.15, -0.1) is 0 Å². The third kappa shape index (κ3) is 6.49. The van der Waals surface area contributed by atoms with Gasteiger partial charge in [-0.2, -0.15) is 0 Å². The smallest absolute Gasteiger partial charge is 0.243 e. The molecule has 0 aromatic heterocycles. The van der Waals surface area contributed by atoms with Crippen LogP contribution in [0.5, 0.6) is 11.5 Å². The fourth-order valence-corrected chi connectivity index (χ4v) is 2.31. The molecular weight excluding hydrogens is 302 g/mol. The highest BCUT2D eigenvalue weighted by Gasteiger charge is 2.11. The first kappa shape index (κ1) is 18.1. The van der Waals surface area contributed by atoms with Gasteiger partial charge in [0, 0.05) is 6.54 Å². The summed E-state index contributed by atoms with van der Waals surface area (Å²) in [4.78, 5) is 11.5. The number of carbonyl (C=O) groups excluding carboxylic acids is 1. The standard InChI is InChI=1S/C20H27NO3/c1-16(2)14-21-20(22)10-8-6-4-3-5-7-9-17-11-12-18-19(13-17)24-15-23-18/h7-13,16H,3-6,14-15H2,1-2H3,(H,21,22)/b9-7+,10-8+. The molecule has 4 nitrogen and oxygen atoms in total. The Morgan fingerprint density at radius 3 is 2.71 bits per heavy atom. The van der Waals surface area contributed by atoms with Crippen LogP contribution in [0.25, 0.3) is 6.08 Å². The summed E-state index contributed by atoms with van der Waals surface area (Å²) in [5, 5.41) is 2.87. The molecule has 0 saturated carbocycles. The number of ether oxygens (including phenoxy) is 2. The van der Waals surface area contributed by atoms with Gasteiger partial charge in [-0.05, 0) is 55.4 Å². The van der Waals surface area contributed by atoms with Crippen molar-refractivity contribution in [2.24, 2.45) is 5.92 Å². The number of rotatable bonds is 9. The molecule has 1 aliphatic rings. The highest BCUT2D eigenvalue weighted by atomic mass is 16.7. The van der Waals surface area contributed by atoms with E-state index in [0.29, 0.717) is 12.7 Å². The molecule has 4 heteroatoms. The molecule has 1 amide bonds. The van der Waals surface area contributed by atoms with Crippen LogP contribution >= 0.6 is 0 Å². The summed E-state index contributed by atoms with van der Waals surface area (Å²) in [5.41, 5.74) is 1.13. The van der Waals surface area contributed by atoms with Crippen LogP contribution in [-0.2, 0) is 4.79 Å². The molecular formula is C20H27NO3. The molecule has 0 saturated heterocycles. The van der Waals surface area contributed by atoms with E-state index in [4.69, 9.17) is 9.47 Å². The fourth-order valence-electron chi connectivity index (χ4n) is 2.31. The predicted octanol–water partition coefficient (Wildman–Crippen LogP) is 4.32. The first-order valence-electron chi connectivity index (χ1n) is 8.65. The van der Waals surface area contributed by atoms with Crippen LogP contribution in [0.3, 0.4) is 0 Å². The number of allylic oxidation sites excluding steroid dienone is 2. The molecule has 24 heavy (non-hydrogen) atoms. The van der Waals surface area contributed by atoms with E-state index in [-0.39, 0.29) is 5.91 Å². The minimum atomic E-state index is 0.00593. The third-order valence-electron chi connectivity index (χ3n) is 3.65.